The lowest BCUT2D eigenvalue weighted by atomic mass is 10.6. The zero-order valence-electron chi connectivity index (χ0n) is 5.05. The summed E-state index contributed by atoms with van der Waals surface area (Å²) in [7, 11) is 0. The van der Waals surface area contributed by atoms with Crippen LogP contribution in [0.2, 0.25) is 0 Å². The molecule has 0 fully saturated rings. The fourth-order valence-electron chi connectivity index (χ4n) is 0.193. The average Bonchev–Trinajstić information content (AvgIpc) is 1.81. The minimum atomic E-state index is 1.46. The largest absolute Gasteiger partial charge is 0.163 e. The first-order valence-electron chi connectivity index (χ1n) is 2.33. The molecule has 0 radical (unpaired) electrons. The fourth-order valence-corrected chi connectivity index (χ4v) is 0.193. The van der Waals surface area contributed by atoms with Crippen molar-refractivity contribution in [3.8, 4) is 11.8 Å². The Morgan fingerprint density at radius 1 is 1.38 bits per heavy atom. The third-order valence-electron chi connectivity index (χ3n) is 0.449. The van der Waals surface area contributed by atoms with E-state index in [1.807, 2.05) is 0 Å². The molecule has 0 unspecified atom stereocenters. The molecule has 0 N–H and O–H groups in total. The van der Waals surface area contributed by atoms with Crippen molar-refractivity contribution < 1.29 is 0 Å². The predicted molar refractivity (Wildman–Crippen MR) is 36.1 cm³/mol. The number of hydrogen-bond acceptors (Lipinski definition) is 2. The van der Waals surface area contributed by atoms with E-state index in [2.05, 4.69) is 22.0 Å². The summed E-state index contributed by atoms with van der Waals surface area (Å²) in [5, 5.41) is 7.10. The molecule has 0 aromatic carbocycles. The lowest BCUT2D eigenvalue weighted by Crippen LogP contribution is -1.61. The van der Waals surface area contributed by atoms with Crippen LogP contribution < -0.4 is 0 Å². The van der Waals surface area contributed by atoms with Crippen LogP contribution in [0.1, 0.15) is 13.8 Å². The van der Waals surface area contributed by atoms with Gasteiger partial charge >= 0.3 is 0 Å². The summed E-state index contributed by atoms with van der Waals surface area (Å²) in [4.78, 5) is 0. The molecule has 0 aromatic heterocycles. The minimum absolute atomic E-state index is 1.46. The van der Waals surface area contributed by atoms with E-state index in [4.69, 9.17) is 0 Å². The van der Waals surface area contributed by atoms with Gasteiger partial charge in [-0.25, -0.2) is 0 Å². The van der Waals surface area contributed by atoms with Gasteiger partial charge in [-0.15, -0.1) is 5.92 Å². The maximum absolute atomic E-state index is 3.55. The van der Waals surface area contributed by atoms with Gasteiger partial charge in [0.2, 0.25) is 0 Å². The van der Waals surface area contributed by atoms with Crippen LogP contribution in [0.15, 0.2) is 10.2 Å². The summed E-state index contributed by atoms with van der Waals surface area (Å²) in [5.41, 5.74) is 0. The SMILES string of the molecule is CC#C/C=N\N=C/C. The molecule has 0 saturated heterocycles. The first-order chi connectivity index (χ1) is 3.91. The van der Waals surface area contributed by atoms with Gasteiger partial charge in [0, 0.05) is 6.21 Å². The number of rotatable bonds is 1. The lowest BCUT2D eigenvalue weighted by Gasteiger charge is -1.65. The van der Waals surface area contributed by atoms with Crippen LogP contribution >= 0.6 is 0 Å². The van der Waals surface area contributed by atoms with Gasteiger partial charge in [-0.2, -0.15) is 10.2 Å². The van der Waals surface area contributed by atoms with Crippen LogP contribution in [0, 0.1) is 11.8 Å². The van der Waals surface area contributed by atoms with Gasteiger partial charge in [0.25, 0.3) is 0 Å². The first-order valence-corrected chi connectivity index (χ1v) is 2.33. The molecular weight excluding hydrogens is 100 g/mol. The molecule has 0 heterocycles. The molecule has 0 atom stereocenters. The van der Waals surface area contributed by atoms with Gasteiger partial charge in [0.1, 0.15) is 0 Å². The van der Waals surface area contributed by atoms with Gasteiger partial charge in [0.05, 0.1) is 6.21 Å². The van der Waals surface area contributed by atoms with Gasteiger partial charge in [-0.3, -0.25) is 0 Å². The van der Waals surface area contributed by atoms with Gasteiger partial charge in [-0.1, -0.05) is 5.92 Å². The minimum Gasteiger partial charge on any atom is -0.163 e. The van der Waals surface area contributed by atoms with E-state index in [-0.39, 0.29) is 0 Å². The molecule has 0 rings (SSSR count). The standard InChI is InChI=1S/C6H8N2/c1-3-5-6-8-7-4-2/h4,6H,1-2H3/b7-4-,8-6-. The Hall–Kier alpha value is -1.10. The molecule has 8 heavy (non-hydrogen) atoms. The van der Waals surface area contributed by atoms with Gasteiger partial charge in [-0.05, 0) is 13.8 Å². The number of nitrogens with zero attached hydrogens (tertiary/aromatic N) is 2. The maximum Gasteiger partial charge on any atom is 0.0993 e. The van der Waals surface area contributed by atoms with Crippen LogP contribution in [-0.2, 0) is 0 Å². The Kier molecular flexibility index (Phi) is 5.09. The molecule has 0 spiro atoms. The first kappa shape index (κ1) is 6.90. The second kappa shape index (κ2) is 5.90. The summed E-state index contributed by atoms with van der Waals surface area (Å²) in [5.74, 6) is 5.28. The molecule has 2 heteroatoms. The second-order valence-electron chi connectivity index (χ2n) is 1.01. The van der Waals surface area contributed by atoms with Gasteiger partial charge < -0.3 is 0 Å². The molecule has 0 saturated carbocycles. The molecule has 0 amide bonds. The normalized spacial score (nSPS) is 9.75. The van der Waals surface area contributed by atoms with Crippen LogP contribution in [0.25, 0.3) is 0 Å². The Bertz CT molecular complexity index is 146. The van der Waals surface area contributed by atoms with Crippen molar-refractivity contribution in [3.63, 3.8) is 0 Å². The summed E-state index contributed by atoms with van der Waals surface area (Å²) < 4.78 is 0. The molecule has 0 bridgehead atoms. The molecule has 0 aliphatic rings. The van der Waals surface area contributed by atoms with E-state index < -0.39 is 0 Å². The Morgan fingerprint density at radius 2 is 2.12 bits per heavy atom. The van der Waals surface area contributed by atoms with E-state index in [9.17, 15) is 0 Å². The molecule has 0 aliphatic carbocycles. The summed E-state index contributed by atoms with van der Waals surface area (Å²) in [6.07, 6.45) is 3.06. The Morgan fingerprint density at radius 3 is 2.62 bits per heavy atom. The molecule has 0 aromatic rings. The van der Waals surface area contributed by atoms with Crippen molar-refractivity contribution in [2.24, 2.45) is 10.2 Å². The van der Waals surface area contributed by atoms with E-state index in [0.717, 1.165) is 0 Å². The Labute approximate surface area is 49.3 Å². The highest BCUT2D eigenvalue weighted by Crippen LogP contribution is 1.62. The van der Waals surface area contributed by atoms with Crippen molar-refractivity contribution in [2.45, 2.75) is 13.8 Å². The average molecular weight is 108 g/mol. The summed E-state index contributed by atoms with van der Waals surface area (Å²) in [6.45, 7) is 3.55. The smallest absolute Gasteiger partial charge is 0.0993 e. The van der Waals surface area contributed by atoms with E-state index in [1.54, 1.807) is 20.1 Å². The third-order valence-corrected chi connectivity index (χ3v) is 0.449. The highest BCUT2D eigenvalue weighted by atomic mass is 15.2. The third kappa shape index (κ3) is 4.90. The maximum atomic E-state index is 3.55. The van der Waals surface area contributed by atoms with E-state index >= 15 is 0 Å². The van der Waals surface area contributed by atoms with Crippen LogP contribution in [0.3, 0.4) is 0 Å². The van der Waals surface area contributed by atoms with Crippen molar-refractivity contribution in [3.05, 3.63) is 0 Å². The predicted octanol–water partition coefficient (Wildman–Crippen LogP) is 1.09. The zero-order valence-corrected chi connectivity index (χ0v) is 5.05. The van der Waals surface area contributed by atoms with Crippen molar-refractivity contribution in [1.82, 2.24) is 0 Å². The lowest BCUT2D eigenvalue weighted by molar-refractivity contribution is 1.27. The molecule has 42 valence electrons. The van der Waals surface area contributed by atoms with Crippen molar-refractivity contribution in [1.29, 1.82) is 0 Å². The fraction of sp³-hybridized carbons (Fsp3) is 0.333. The second-order valence-corrected chi connectivity index (χ2v) is 1.01. The van der Waals surface area contributed by atoms with Gasteiger partial charge in [0.15, 0.2) is 0 Å². The van der Waals surface area contributed by atoms with Crippen LogP contribution in [0.4, 0.5) is 0 Å². The summed E-state index contributed by atoms with van der Waals surface area (Å²) >= 11 is 0. The van der Waals surface area contributed by atoms with Crippen molar-refractivity contribution >= 4 is 12.4 Å². The molecule has 0 aliphatic heterocycles. The highest BCUT2D eigenvalue weighted by Gasteiger charge is 1.54. The topological polar surface area (TPSA) is 24.7 Å². The summed E-state index contributed by atoms with van der Waals surface area (Å²) in [6, 6.07) is 0. The monoisotopic (exact) mass is 108 g/mol. The molecular formula is C6H8N2. The van der Waals surface area contributed by atoms with Crippen molar-refractivity contribution in [2.75, 3.05) is 0 Å². The molecule has 2 nitrogen and oxygen atoms in total. The number of hydrogen-bond donors (Lipinski definition) is 0. The quantitative estimate of drug-likeness (QED) is 0.273. The highest BCUT2D eigenvalue weighted by molar-refractivity contribution is 5.78. The van der Waals surface area contributed by atoms with E-state index in [0.29, 0.717) is 0 Å². The van der Waals surface area contributed by atoms with Crippen LogP contribution in [0.5, 0.6) is 0 Å². The Balaban J connectivity index is 3.45. The van der Waals surface area contributed by atoms with Crippen LogP contribution in [-0.4, -0.2) is 12.4 Å². The van der Waals surface area contributed by atoms with E-state index in [1.165, 1.54) is 6.21 Å². The zero-order chi connectivity index (χ0) is 6.24.